The molecule has 0 aromatic rings. The number of hydrogen-bond donors (Lipinski definition) is 0. The first-order valence-corrected chi connectivity index (χ1v) is 4.73. The molecule has 13 heavy (non-hydrogen) atoms. The highest BCUT2D eigenvalue weighted by molar-refractivity contribution is 5.96. The molecule has 2 unspecified atom stereocenters. The van der Waals surface area contributed by atoms with E-state index in [1.54, 1.807) is 0 Å². The summed E-state index contributed by atoms with van der Waals surface area (Å²) in [6, 6.07) is 0.146. The van der Waals surface area contributed by atoms with Crippen molar-refractivity contribution in [1.29, 1.82) is 0 Å². The number of piperidine rings is 1. The van der Waals surface area contributed by atoms with E-state index in [4.69, 9.17) is 0 Å². The molecule has 2 aliphatic rings. The van der Waals surface area contributed by atoms with Gasteiger partial charge in [0.2, 0.25) is 11.8 Å². The van der Waals surface area contributed by atoms with E-state index in [0.717, 1.165) is 25.9 Å². The van der Waals surface area contributed by atoms with Crippen molar-refractivity contribution in [2.75, 3.05) is 19.6 Å². The quantitative estimate of drug-likeness (QED) is 0.522. The molecule has 0 N–H and O–H groups in total. The van der Waals surface area contributed by atoms with Crippen molar-refractivity contribution >= 4 is 11.8 Å². The average Bonchev–Trinajstić information content (AvgIpc) is 2.02. The van der Waals surface area contributed by atoms with Crippen LogP contribution in [0.1, 0.15) is 19.8 Å². The van der Waals surface area contributed by atoms with E-state index in [2.05, 4.69) is 4.90 Å². The Hall–Kier alpha value is -0.900. The van der Waals surface area contributed by atoms with Gasteiger partial charge in [-0.1, -0.05) is 0 Å². The Morgan fingerprint density at radius 1 is 1.54 bits per heavy atom. The van der Waals surface area contributed by atoms with E-state index in [0.29, 0.717) is 6.54 Å². The van der Waals surface area contributed by atoms with Crippen molar-refractivity contribution in [1.82, 2.24) is 9.80 Å². The summed E-state index contributed by atoms with van der Waals surface area (Å²) in [6.45, 7) is 3.79. The Morgan fingerprint density at radius 2 is 2.31 bits per heavy atom. The van der Waals surface area contributed by atoms with Gasteiger partial charge in [0.25, 0.3) is 0 Å². The van der Waals surface area contributed by atoms with Crippen LogP contribution in [0.15, 0.2) is 0 Å². The van der Waals surface area contributed by atoms with E-state index in [1.807, 2.05) is 0 Å². The summed E-state index contributed by atoms with van der Waals surface area (Å²) < 4.78 is 0. The summed E-state index contributed by atoms with van der Waals surface area (Å²) in [5.74, 6) is -0.125. The smallest absolute Gasteiger partial charge is 0.243 e. The Morgan fingerprint density at radius 3 is 3.00 bits per heavy atom. The highest BCUT2D eigenvalue weighted by atomic mass is 16.2. The molecule has 2 rings (SSSR count). The van der Waals surface area contributed by atoms with Gasteiger partial charge in [0, 0.05) is 13.5 Å². The number of carbonyl (C=O) groups is 2. The van der Waals surface area contributed by atoms with E-state index < -0.39 is 0 Å². The zero-order valence-corrected chi connectivity index (χ0v) is 7.82. The molecular weight excluding hydrogens is 168 g/mol. The minimum Gasteiger partial charge on any atom is -0.292 e. The third-order valence-electron chi connectivity index (χ3n) is 2.81. The first-order valence-electron chi connectivity index (χ1n) is 4.73. The monoisotopic (exact) mass is 182 g/mol. The summed E-state index contributed by atoms with van der Waals surface area (Å²) in [4.78, 5) is 26.3. The molecule has 0 aliphatic carbocycles. The summed E-state index contributed by atoms with van der Waals surface area (Å²) in [5.41, 5.74) is 0. The van der Waals surface area contributed by atoms with Gasteiger partial charge in [0.15, 0.2) is 0 Å². The molecule has 2 fully saturated rings. The van der Waals surface area contributed by atoms with Crippen molar-refractivity contribution in [2.24, 2.45) is 0 Å². The largest absolute Gasteiger partial charge is 0.292 e. The molecular formula is C9H14N2O2. The normalized spacial score (nSPS) is 33.3. The van der Waals surface area contributed by atoms with Crippen LogP contribution in [-0.2, 0) is 9.59 Å². The molecule has 0 radical (unpaired) electrons. The minimum atomic E-state index is -0.100. The van der Waals surface area contributed by atoms with Crippen LogP contribution >= 0.6 is 0 Å². The van der Waals surface area contributed by atoms with Gasteiger partial charge in [-0.3, -0.25) is 19.4 Å². The first kappa shape index (κ1) is 8.69. The summed E-state index contributed by atoms with van der Waals surface area (Å²) in [7, 11) is 0. The van der Waals surface area contributed by atoms with Crippen LogP contribution in [0, 0.1) is 0 Å². The maximum atomic E-state index is 11.5. The van der Waals surface area contributed by atoms with Crippen LogP contribution in [-0.4, -0.2) is 47.3 Å². The number of rotatable bonds is 0. The van der Waals surface area contributed by atoms with Crippen LogP contribution in [0.5, 0.6) is 0 Å². The second kappa shape index (κ2) is 3.10. The Bertz CT molecular complexity index is 252. The molecule has 2 aliphatic heterocycles. The molecule has 2 heterocycles. The Kier molecular flexibility index (Phi) is 2.07. The highest BCUT2D eigenvalue weighted by Crippen LogP contribution is 2.20. The van der Waals surface area contributed by atoms with Crippen LogP contribution in [0.2, 0.25) is 0 Å². The molecule has 0 aromatic heterocycles. The SMILES string of the molecule is CC(=O)N1C(=O)CN2CCCC1C2. The van der Waals surface area contributed by atoms with Gasteiger partial charge < -0.3 is 0 Å². The second-order valence-electron chi connectivity index (χ2n) is 3.81. The van der Waals surface area contributed by atoms with Crippen molar-refractivity contribution in [3.8, 4) is 0 Å². The molecule has 4 nitrogen and oxygen atoms in total. The van der Waals surface area contributed by atoms with Crippen LogP contribution in [0.25, 0.3) is 0 Å². The number of nitrogens with zero attached hydrogens (tertiary/aromatic N) is 2. The van der Waals surface area contributed by atoms with Gasteiger partial charge >= 0.3 is 0 Å². The van der Waals surface area contributed by atoms with Crippen molar-refractivity contribution in [2.45, 2.75) is 25.8 Å². The molecule has 4 heteroatoms. The summed E-state index contributed by atoms with van der Waals surface area (Å²) >= 11 is 0. The van der Waals surface area contributed by atoms with Gasteiger partial charge in [0.1, 0.15) is 0 Å². The van der Waals surface area contributed by atoms with Gasteiger partial charge in [-0.2, -0.15) is 0 Å². The molecule has 2 bridgehead atoms. The summed E-state index contributed by atoms with van der Waals surface area (Å²) in [6.07, 6.45) is 2.07. The zero-order valence-electron chi connectivity index (χ0n) is 7.82. The maximum absolute atomic E-state index is 11.5. The highest BCUT2D eigenvalue weighted by Gasteiger charge is 2.36. The van der Waals surface area contributed by atoms with Crippen molar-refractivity contribution in [3.63, 3.8) is 0 Å². The Labute approximate surface area is 77.5 Å². The lowest BCUT2D eigenvalue weighted by Crippen LogP contribution is -2.60. The number of carbonyl (C=O) groups excluding carboxylic acids is 2. The Balaban J connectivity index is 2.17. The first-order chi connectivity index (χ1) is 6.18. The number of amides is 2. The fourth-order valence-corrected chi connectivity index (χ4v) is 2.29. The maximum Gasteiger partial charge on any atom is 0.243 e. The second-order valence-corrected chi connectivity index (χ2v) is 3.81. The molecule has 0 saturated carbocycles. The number of imide groups is 1. The number of piperazine rings is 1. The van der Waals surface area contributed by atoms with E-state index in [1.165, 1.54) is 11.8 Å². The molecule has 0 spiro atoms. The lowest BCUT2D eigenvalue weighted by atomic mass is 10.0. The van der Waals surface area contributed by atoms with Gasteiger partial charge in [-0.25, -0.2) is 0 Å². The molecule has 2 atom stereocenters. The van der Waals surface area contributed by atoms with Crippen LogP contribution in [0.4, 0.5) is 0 Å². The van der Waals surface area contributed by atoms with Gasteiger partial charge in [-0.05, 0) is 19.4 Å². The molecule has 72 valence electrons. The fraction of sp³-hybridized carbons (Fsp3) is 0.778. The fourth-order valence-electron chi connectivity index (χ4n) is 2.29. The molecule has 0 aromatic carbocycles. The topological polar surface area (TPSA) is 40.6 Å². The zero-order chi connectivity index (χ0) is 9.42. The molecule has 2 saturated heterocycles. The predicted octanol–water partition coefficient (Wildman–Crippen LogP) is -0.161. The predicted molar refractivity (Wildman–Crippen MR) is 47.0 cm³/mol. The van der Waals surface area contributed by atoms with E-state index in [9.17, 15) is 9.59 Å². The third kappa shape index (κ3) is 1.46. The number of hydrogen-bond acceptors (Lipinski definition) is 3. The van der Waals surface area contributed by atoms with Crippen LogP contribution < -0.4 is 0 Å². The van der Waals surface area contributed by atoms with Gasteiger partial charge in [-0.15, -0.1) is 0 Å². The molecule has 2 amide bonds. The summed E-state index contributed by atoms with van der Waals surface area (Å²) in [5, 5.41) is 0. The lowest BCUT2D eigenvalue weighted by molar-refractivity contribution is -0.153. The van der Waals surface area contributed by atoms with Crippen molar-refractivity contribution in [3.05, 3.63) is 0 Å². The van der Waals surface area contributed by atoms with E-state index in [-0.39, 0.29) is 17.9 Å². The third-order valence-corrected chi connectivity index (χ3v) is 2.81. The van der Waals surface area contributed by atoms with Crippen molar-refractivity contribution < 1.29 is 9.59 Å². The average molecular weight is 182 g/mol. The minimum absolute atomic E-state index is 0.0246. The lowest BCUT2D eigenvalue weighted by Gasteiger charge is -2.43. The van der Waals surface area contributed by atoms with Gasteiger partial charge in [0.05, 0.1) is 12.6 Å². The van der Waals surface area contributed by atoms with Crippen LogP contribution in [0.3, 0.4) is 0 Å². The van der Waals surface area contributed by atoms with E-state index >= 15 is 0 Å². The number of fused-ring (bicyclic) bond motifs is 2. The standard InChI is InChI=1S/C9H14N2O2/c1-7(12)11-8-3-2-4-10(5-8)6-9(11)13/h8H,2-6H2,1H3.